The zero-order chi connectivity index (χ0) is 26.1. The van der Waals surface area contributed by atoms with Gasteiger partial charge in [0.15, 0.2) is 5.69 Å². The highest BCUT2D eigenvalue weighted by molar-refractivity contribution is 6.06. The van der Waals surface area contributed by atoms with Gasteiger partial charge < -0.3 is 0 Å². The van der Waals surface area contributed by atoms with Gasteiger partial charge in [-0.2, -0.15) is 10.2 Å². The molecule has 0 aliphatic carbocycles. The summed E-state index contributed by atoms with van der Waals surface area (Å²) in [6.07, 6.45) is 1.51. The molecule has 37 heavy (non-hydrogen) atoms. The van der Waals surface area contributed by atoms with Crippen molar-refractivity contribution >= 4 is 22.6 Å². The third-order valence-electron chi connectivity index (χ3n) is 5.80. The zero-order valence-corrected chi connectivity index (χ0v) is 19.9. The number of benzene rings is 3. The monoisotopic (exact) mass is 496 g/mol. The highest BCUT2D eigenvalue weighted by Crippen LogP contribution is 2.25. The Labute approximate surface area is 210 Å². The Kier molecular flexibility index (Phi) is 6.06. The van der Waals surface area contributed by atoms with Crippen molar-refractivity contribution in [1.82, 2.24) is 30.4 Å². The van der Waals surface area contributed by atoms with Gasteiger partial charge in [-0.25, -0.2) is 13.8 Å². The van der Waals surface area contributed by atoms with Crippen LogP contribution in [0.1, 0.15) is 26.4 Å². The van der Waals surface area contributed by atoms with Gasteiger partial charge in [-0.15, -0.1) is 0 Å². The van der Waals surface area contributed by atoms with Crippen molar-refractivity contribution in [3.63, 3.8) is 0 Å². The van der Waals surface area contributed by atoms with E-state index < -0.39 is 17.6 Å². The van der Waals surface area contributed by atoms with Crippen molar-refractivity contribution in [2.45, 2.75) is 6.92 Å². The molecule has 0 saturated heterocycles. The lowest BCUT2D eigenvalue weighted by atomic mass is 10.1. The van der Waals surface area contributed by atoms with Crippen LogP contribution >= 0.6 is 0 Å². The topological polar surface area (TPSA) is 111 Å². The van der Waals surface area contributed by atoms with E-state index in [-0.39, 0.29) is 16.8 Å². The molecule has 0 saturated carbocycles. The SMILES string of the molecule is Cc1cccc(-c2nn(-c3ccc(F)cc3)cc2C(=O)NNC(=O)c2nn(C)c(=O)c3ccccc23)c1. The van der Waals surface area contributed by atoms with Gasteiger partial charge in [-0.1, -0.05) is 42.0 Å². The Hall–Kier alpha value is -5.12. The molecule has 3 aromatic carbocycles. The van der Waals surface area contributed by atoms with Crippen LogP contribution in [-0.4, -0.2) is 31.4 Å². The molecule has 0 aliphatic heterocycles. The quantitative estimate of drug-likeness (QED) is 0.371. The highest BCUT2D eigenvalue weighted by atomic mass is 19.1. The largest absolute Gasteiger partial charge is 0.290 e. The number of aryl methyl sites for hydroxylation is 2. The summed E-state index contributed by atoms with van der Waals surface area (Å²) in [5.74, 6) is -1.70. The minimum absolute atomic E-state index is 0.0149. The number of fused-ring (bicyclic) bond motifs is 1. The first-order chi connectivity index (χ1) is 17.8. The van der Waals surface area contributed by atoms with E-state index in [2.05, 4.69) is 21.0 Å². The van der Waals surface area contributed by atoms with Gasteiger partial charge >= 0.3 is 0 Å². The molecule has 2 heterocycles. The minimum atomic E-state index is -0.691. The van der Waals surface area contributed by atoms with Crippen molar-refractivity contribution in [3.05, 3.63) is 112 Å². The summed E-state index contributed by atoms with van der Waals surface area (Å²) in [6, 6.07) is 19.8. The smallest absolute Gasteiger partial charge is 0.267 e. The van der Waals surface area contributed by atoms with E-state index in [0.29, 0.717) is 27.7 Å². The maximum absolute atomic E-state index is 13.4. The number of rotatable bonds is 4. The molecule has 10 heteroatoms. The van der Waals surface area contributed by atoms with E-state index in [1.807, 2.05) is 31.2 Å². The average molecular weight is 497 g/mol. The molecule has 5 aromatic rings. The molecular formula is C27H21FN6O3. The van der Waals surface area contributed by atoms with Crippen LogP contribution in [0.3, 0.4) is 0 Å². The van der Waals surface area contributed by atoms with Gasteiger partial charge in [0.25, 0.3) is 17.4 Å². The number of halogens is 1. The van der Waals surface area contributed by atoms with Gasteiger partial charge in [0.05, 0.1) is 16.6 Å². The lowest BCUT2D eigenvalue weighted by Crippen LogP contribution is -2.42. The lowest BCUT2D eigenvalue weighted by molar-refractivity contribution is 0.0844. The van der Waals surface area contributed by atoms with Crippen LogP contribution in [0.2, 0.25) is 0 Å². The number of aromatic nitrogens is 4. The number of nitrogens with zero attached hydrogens (tertiary/aromatic N) is 4. The maximum Gasteiger partial charge on any atom is 0.290 e. The Morgan fingerprint density at radius 1 is 0.865 bits per heavy atom. The third kappa shape index (κ3) is 4.59. The molecule has 0 bridgehead atoms. The van der Waals surface area contributed by atoms with Crippen LogP contribution in [-0.2, 0) is 7.05 Å². The van der Waals surface area contributed by atoms with Crippen LogP contribution in [0.4, 0.5) is 4.39 Å². The van der Waals surface area contributed by atoms with Crippen molar-refractivity contribution in [2.75, 3.05) is 0 Å². The molecule has 2 aromatic heterocycles. The van der Waals surface area contributed by atoms with E-state index in [1.165, 1.54) is 30.1 Å². The van der Waals surface area contributed by atoms with Crippen LogP contribution in [0.5, 0.6) is 0 Å². The second-order valence-electron chi connectivity index (χ2n) is 8.41. The summed E-state index contributed by atoms with van der Waals surface area (Å²) >= 11 is 0. The van der Waals surface area contributed by atoms with E-state index in [4.69, 9.17) is 0 Å². The Balaban J connectivity index is 1.47. The van der Waals surface area contributed by atoms with Crippen molar-refractivity contribution in [3.8, 4) is 16.9 Å². The fraction of sp³-hybridized carbons (Fsp3) is 0.0741. The van der Waals surface area contributed by atoms with E-state index in [0.717, 1.165) is 10.2 Å². The average Bonchev–Trinajstić information content (AvgIpc) is 3.35. The Morgan fingerprint density at radius 2 is 1.57 bits per heavy atom. The standard InChI is InChI=1S/C27H21FN6O3/c1-16-6-5-7-17(14-16)23-22(15-34(32-23)19-12-10-18(28)11-13-19)25(35)29-30-26(36)24-20-8-3-4-9-21(20)27(37)33(2)31-24/h3-15H,1-2H3,(H,29,35)(H,30,36). The summed E-state index contributed by atoms with van der Waals surface area (Å²) in [6.45, 7) is 1.92. The van der Waals surface area contributed by atoms with Crippen molar-refractivity contribution in [1.29, 1.82) is 0 Å². The van der Waals surface area contributed by atoms with Crippen LogP contribution in [0, 0.1) is 12.7 Å². The molecular weight excluding hydrogens is 475 g/mol. The number of carbonyl (C=O) groups excluding carboxylic acids is 2. The number of hydrogen-bond acceptors (Lipinski definition) is 5. The van der Waals surface area contributed by atoms with Crippen molar-refractivity contribution < 1.29 is 14.0 Å². The van der Waals surface area contributed by atoms with E-state index in [1.54, 1.807) is 36.4 Å². The van der Waals surface area contributed by atoms with Crippen LogP contribution in [0.25, 0.3) is 27.7 Å². The fourth-order valence-corrected chi connectivity index (χ4v) is 3.98. The summed E-state index contributed by atoms with van der Waals surface area (Å²) in [4.78, 5) is 38.5. The predicted octanol–water partition coefficient (Wildman–Crippen LogP) is 3.31. The molecule has 184 valence electrons. The number of nitrogens with one attached hydrogen (secondary N) is 2. The summed E-state index contributed by atoms with van der Waals surface area (Å²) in [5.41, 5.74) is 7.23. The second kappa shape index (κ2) is 9.50. The third-order valence-corrected chi connectivity index (χ3v) is 5.80. The summed E-state index contributed by atoms with van der Waals surface area (Å²) in [7, 11) is 1.45. The molecule has 9 nitrogen and oxygen atoms in total. The minimum Gasteiger partial charge on any atom is -0.267 e. The first-order valence-corrected chi connectivity index (χ1v) is 11.3. The molecule has 0 radical (unpaired) electrons. The lowest BCUT2D eigenvalue weighted by Gasteiger charge is -2.10. The van der Waals surface area contributed by atoms with Gasteiger partial charge in [0.2, 0.25) is 0 Å². The van der Waals surface area contributed by atoms with Gasteiger partial charge in [0.1, 0.15) is 11.5 Å². The van der Waals surface area contributed by atoms with Gasteiger partial charge in [-0.3, -0.25) is 25.2 Å². The highest BCUT2D eigenvalue weighted by Gasteiger charge is 2.21. The van der Waals surface area contributed by atoms with Crippen LogP contribution in [0.15, 0.2) is 83.8 Å². The summed E-state index contributed by atoms with van der Waals surface area (Å²) in [5, 5.41) is 9.33. The van der Waals surface area contributed by atoms with Crippen molar-refractivity contribution in [2.24, 2.45) is 7.05 Å². The molecule has 2 N–H and O–H groups in total. The Morgan fingerprint density at radius 3 is 2.30 bits per heavy atom. The number of hydrazine groups is 1. The van der Waals surface area contributed by atoms with E-state index >= 15 is 0 Å². The zero-order valence-electron chi connectivity index (χ0n) is 19.9. The number of carbonyl (C=O) groups is 2. The predicted molar refractivity (Wildman–Crippen MR) is 136 cm³/mol. The second-order valence-corrected chi connectivity index (χ2v) is 8.41. The molecule has 0 unspecified atom stereocenters. The number of amides is 2. The molecule has 2 amide bonds. The maximum atomic E-state index is 13.4. The first-order valence-electron chi connectivity index (χ1n) is 11.3. The number of hydrogen-bond donors (Lipinski definition) is 2. The Bertz CT molecular complexity index is 1720. The molecule has 5 rings (SSSR count). The van der Waals surface area contributed by atoms with Crippen LogP contribution < -0.4 is 16.4 Å². The first kappa shape index (κ1) is 23.6. The molecule has 0 spiro atoms. The summed E-state index contributed by atoms with van der Waals surface area (Å²) < 4.78 is 16.0. The van der Waals surface area contributed by atoms with Gasteiger partial charge in [0, 0.05) is 24.2 Å². The normalized spacial score (nSPS) is 10.9. The fourth-order valence-electron chi connectivity index (χ4n) is 3.98. The van der Waals surface area contributed by atoms with E-state index in [9.17, 15) is 18.8 Å². The molecule has 0 aliphatic rings. The van der Waals surface area contributed by atoms with Gasteiger partial charge in [-0.05, 0) is 43.3 Å². The molecule has 0 fully saturated rings. The molecule has 0 atom stereocenters.